The summed E-state index contributed by atoms with van der Waals surface area (Å²) in [7, 11) is 1.79. The Kier molecular flexibility index (Phi) is 3.25. The van der Waals surface area contributed by atoms with Crippen LogP contribution in [0.5, 0.6) is 0 Å². The number of aryl methyl sites for hydroxylation is 1. The molecule has 0 aliphatic rings. The summed E-state index contributed by atoms with van der Waals surface area (Å²) in [5.74, 6) is 1.85. The lowest BCUT2D eigenvalue weighted by atomic mass is 10.2. The average molecular weight is 183 g/mol. The van der Waals surface area contributed by atoms with Crippen molar-refractivity contribution in [3.05, 3.63) is 5.82 Å². The van der Waals surface area contributed by atoms with Crippen molar-refractivity contribution < 1.29 is 0 Å². The van der Waals surface area contributed by atoms with Gasteiger partial charge in [-0.25, -0.2) is 4.68 Å². The van der Waals surface area contributed by atoms with Crippen molar-refractivity contribution in [2.24, 2.45) is 13.0 Å². The quantitative estimate of drug-likeness (QED) is 0.697. The van der Waals surface area contributed by atoms with E-state index in [4.69, 9.17) is 5.73 Å². The van der Waals surface area contributed by atoms with Crippen molar-refractivity contribution in [3.63, 3.8) is 0 Å². The van der Waals surface area contributed by atoms with E-state index in [0.29, 0.717) is 18.4 Å². The number of hydrogen-bond acceptors (Lipinski definition) is 4. The number of nitrogens with zero attached hydrogens (tertiary/aromatic N) is 3. The van der Waals surface area contributed by atoms with Gasteiger partial charge in [0, 0.05) is 7.05 Å². The van der Waals surface area contributed by atoms with E-state index in [1.54, 1.807) is 11.7 Å². The van der Waals surface area contributed by atoms with Crippen LogP contribution in [0.2, 0.25) is 0 Å². The van der Waals surface area contributed by atoms with Crippen molar-refractivity contribution in [2.45, 2.75) is 20.4 Å². The average Bonchev–Trinajstić information content (AvgIpc) is 2.30. The molecule has 0 fully saturated rings. The van der Waals surface area contributed by atoms with Crippen molar-refractivity contribution in [2.75, 3.05) is 12.3 Å². The van der Waals surface area contributed by atoms with Gasteiger partial charge in [0.25, 0.3) is 0 Å². The number of aromatic nitrogens is 3. The molecule has 0 saturated heterocycles. The molecule has 74 valence electrons. The fraction of sp³-hybridized carbons (Fsp3) is 0.750. The zero-order chi connectivity index (χ0) is 9.84. The second-order valence-corrected chi connectivity index (χ2v) is 3.53. The zero-order valence-corrected chi connectivity index (χ0v) is 8.41. The Morgan fingerprint density at radius 2 is 2.23 bits per heavy atom. The van der Waals surface area contributed by atoms with Crippen molar-refractivity contribution in [3.8, 4) is 0 Å². The highest BCUT2D eigenvalue weighted by atomic mass is 15.4. The summed E-state index contributed by atoms with van der Waals surface area (Å²) in [6.45, 7) is 5.97. The number of nitrogens with two attached hydrogens (primary N) is 1. The maximum absolute atomic E-state index is 5.53. The lowest BCUT2D eigenvalue weighted by Gasteiger charge is -2.03. The largest absolute Gasteiger partial charge is 0.368 e. The maximum atomic E-state index is 5.53. The highest BCUT2D eigenvalue weighted by Gasteiger charge is 2.02. The third kappa shape index (κ3) is 3.02. The molecule has 0 unspecified atom stereocenters. The minimum atomic E-state index is 0.460. The Labute approximate surface area is 78.3 Å². The van der Waals surface area contributed by atoms with Gasteiger partial charge in [0.05, 0.1) is 6.54 Å². The summed E-state index contributed by atoms with van der Waals surface area (Å²) >= 11 is 0. The molecule has 0 aromatic carbocycles. The molecule has 0 saturated carbocycles. The molecule has 0 aliphatic carbocycles. The zero-order valence-electron chi connectivity index (χ0n) is 8.41. The van der Waals surface area contributed by atoms with Crippen LogP contribution in [0.25, 0.3) is 0 Å². The highest BCUT2D eigenvalue weighted by molar-refractivity contribution is 5.14. The molecule has 1 aromatic rings. The van der Waals surface area contributed by atoms with E-state index >= 15 is 0 Å². The predicted molar refractivity (Wildman–Crippen MR) is 52.0 cm³/mol. The topological polar surface area (TPSA) is 68.8 Å². The molecule has 5 heteroatoms. The first kappa shape index (κ1) is 9.98. The van der Waals surface area contributed by atoms with E-state index in [-0.39, 0.29) is 0 Å². The lowest BCUT2D eigenvalue weighted by molar-refractivity contribution is 0.541. The van der Waals surface area contributed by atoms with Gasteiger partial charge < -0.3 is 11.1 Å². The summed E-state index contributed by atoms with van der Waals surface area (Å²) in [5, 5.41) is 7.37. The first-order chi connectivity index (χ1) is 6.09. The maximum Gasteiger partial charge on any atom is 0.218 e. The molecule has 0 bridgehead atoms. The Morgan fingerprint density at radius 3 is 2.69 bits per heavy atom. The van der Waals surface area contributed by atoms with Crippen molar-refractivity contribution in [1.29, 1.82) is 0 Å². The first-order valence-electron chi connectivity index (χ1n) is 4.45. The van der Waals surface area contributed by atoms with Gasteiger partial charge >= 0.3 is 0 Å². The minimum absolute atomic E-state index is 0.460. The molecule has 0 spiro atoms. The minimum Gasteiger partial charge on any atom is -0.368 e. The van der Waals surface area contributed by atoms with Gasteiger partial charge in [0.1, 0.15) is 0 Å². The van der Waals surface area contributed by atoms with E-state index in [9.17, 15) is 0 Å². The third-order valence-electron chi connectivity index (χ3n) is 1.68. The van der Waals surface area contributed by atoms with Gasteiger partial charge in [0.2, 0.25) is 5.95 Å². The second kappa shape index (κ2) is 4.23. The van der Waals surface area contributed by atoms with Crippen LogP contribution in [0.1, 0.15) is 19.7 Å². The van der Waals surface area contributed by atoms with Gasteiger partial charge in [0.15, 0.2) is 5.82 Å². The molecular weight excluding hydrogens is 166 g/mol. The van der Waals surface area contributed by atoms with E-state index < -0.39 is 0 Å². The third-order valence-corrected chi connectivity index (χ3v) is 1.68. The van der Waals surface area contributed by atoms with Crippen LogP contribution in [0.3, 0.4) is 0 Å². The Balaban J connectivity index is 2.37. The van der Waals surface area contributed by atoms with Gasteiger partial charge in [-0.15, -0.1) is 0 Å². The number of nitrogens with one attached hydrogen (secondary N) is 1. The van der Waals surface area contributed by atoms with E-state index in [0.717, 1.165) is 12.4 Å². The molecule has 0 radical (unpaired) electrons. The van der Waals surface area contributed by atoms with Crippen LogP contribution in [0, 0.1) is 5.92 Å². The number of hydrogen-bond donors (Lipinski definition) is 2. The van der Waals surface area contributed by atoms with E-state index in [1.165, 1.54) is 0 Å². The molecular formula is C8H17N5. The lowest BCUT2D eigenvalue weighted by Crippen LogP contribution is -2.19. The first-order valence-corrected chi connectivity index (χ1v) is 4.45. The van der Waals surface area contributed by atoms with Crippen LogP contribution < -0.4 is 11.1 Å². The van der Waals surface area contributed by atoms with Gasteiger partial charge in [-0.1, -0.05) is 13.8 Å². The van der Waals surface area contributed by atoms with Crippen molar-refractivity contribution >= 4 is 5.95 Å². The van der Waals surface area contributed by atoms with Crippen molar-refractivity contribution in [1.82, 2.24) is 20.1 Å². The van der Waals surface area contributed by atoms with E-state index in [1.807, 2.05) is 0 Å². The summed E-state index contributed by atoms with van der Waals surface area (Å²) in [6.07, 6.45) is 0. The van der Waals surface area contributed by atoms with Crippen LogP contribution in [-0.4, -0.2) is 21.3 Å². The summed E-state index contributed by atoms with van der Waals surface area (Å²) in [5.41, 5.74) is 5.53. The molecule has 1 heterocycles. The SMILES string of the molecule is CC(C)CNCc1nc(N)n(C)n1. The van der Waals surface area contributed by atoms with Gasteiger partial charge in [-0.2, -0.15) is 10.1 Å². The predicted octanol–water partition coefficient (Wildman–Crippen LogP) is 0.143. The van der Waals surface area contributed by atoms with Crippen LogP contribution in [0.4, 0.5) is 5.95 Å². The number of anilines is 1. The second-order valence-electron chi connectivity index (χ2n) is 3.53. The summed E-state index contributed by atoms with van der Waals surface area (Å²) < 4.78 is 1.58. The smallest absolute Gasteiger partial charge is 0.218 e. The van der Waals surface area contributed by atoms with Crippen LogP contribution in [-0.2, 0) is 13.6 Å². The van der Waals surface area contributed by atoms with Crippen LogP contribution in [0.15, 0.2) is 0 Å². The Bertz CT molecular complexity index is 246. The Hall–Kier alpha value is -1.10. The molecule has 3 N–H and O–H groups in total. The fourth-order valence-corrected chi connectivity index (χ4v) is 0.999. The summed E-state index contributed by atoms with van der Waals surface area (Å²) in [4.78, 5) is 4.07. The molecule has 0 amide bonds. The molecule has 13 heavy (non-hydrogen) atoms. The molecule has 1 rings (SSSR count). The standard InChI is InChI=1S/C8H17N5/c1-6(2)4-10-5-7-11-8(9)13(3)12-7/h6,10H,4-5H2,1-3H3,(H2,9,11,12). The number of rotatable bonds is 4. The molecule has 0 atom stereocenters. The van der Waals surface area contributed by atoms with E-state index in [2.05, 4.69) is 29.2 Å². The highest BCUT2D eigenvalue weighted by Crippen LogP contribution is 1.97. The number of nitrogen functional groups attached to an aromatic ring is 1. The molecule has 5 nitrogen and oxygen atoms in total. The normalized spacial score (nSPS) is 11.1. The van der Waals surface area contributed by atoms with Crippen LogP contribution >= 0.6 is 0 Å². The monoisotopic (exact) mass is 183 g/mol. The fourth-order valence-electron chi connectivity index (χ4n) is 0.999. The summed E-state index contributed by atoms with van der Waals surface area (Å²) in [6, 6.07) is 0. The Morgan fingerprint density at radius 1 is 1.54 bits per heavy atom. The molecule has 1 aromatic heterocycles. The van der Waals surface area contributed by atoms with Gasteiger partial charge in [-0.3, -0.25) is 0 Å². The van der Waals surface area contributed by atoms with Gasteiger partial charge in [-0.05, 0) is 12.5 Å². The molecule has 0 aliphatic heterocycles.